The fourth-order valence-electron chi connectivity index (χ4n) is 2.03. The van der Waals surface area contributed by atoms with Crippen LogP contribution < -0.4 is 11.5 Å². The molecule has 16 heavy (non-hydrogen) atoms. The topological polar surface area (TPSA) is 52.0 Å². The molecule has 0 unspecified atom stereocenters. The lowest BCUT2D eigenvalue weighted by atomic mass is 10.0. The second-order valence-electron chi connectivity index (χ2n) is 4.07. The molecule has 0 aliphatic heterocycles. The molecule has 0 bridgehead atoms. The Bertz CT molecular complexity index is 630. The summed E-state index contributed by atoms with van der Waals surface area (Å²) in [6, 6.07) is 16.2. The number of benzene rings is 3. The maximum Gasteiger partial charge on any atom is 0.0320 e. The van der Waals surface area contributed by atoms with E-state index in [1.807, 2.05) is 36.4 Å². The summed E-state index contributed by atoms with van der Waals surface area (Å²) in [6.07, 6.45) is 0. The van der Waals surface area contributed by atoms with Gasteiger partial charge in [0.1, 0.15) is 0 Å². The zero-order valence-electron chi connectivity index (χ0n) is 8.77. The van der Waals surface area contributed by atoms with Crippen molar-refractivity contribution in [3.05, 3.63) is 48.5 Å². The predicted molar refractivity (Wildman–Crippen MR) is 70.3 cm³/mol. The van der Waals surface area contributed by atoms with E-state index < -0.39 is 0 Å². The minimum atomic E-state index is 0.788. The van der Waals surface area contributed by atoms with Gasteiger partial charge in [-0.3, -0.25) is 0 Å². The lowest BCUT2D eigenvalue weighted by Crippen LogP contribution is -1.86. The van der Waals surface area contributed by atoms with Crippen molar-refractivity contribution in [2.45, 2.75) is 0 Å². The van der Waals surface area contributed by atoms with E-state index in [0.29, 0.717) is 0 Å². The summed E-state index contributed by atoms with van der Waals surface area (Å²) in [5.74, 6) is 0. The van der Waals surface area contributed by atoms with Crippen LogP contribution >= 0.6 is 0 Å². The summed E-state index contributed by atoms with van der Waals surface area (Å²) in [5, 5.41) is 4.70. The van der Waals surface area contributed by atoms with Crippen LogP contribution in [0.25, 0.3) is 21.5 Å². The van der Waals surface area contributed by atoms with Gasteiger partial charge in [0.2, 0.25) is 0 Å². The van der Waals surface area contributed by atoms with Gasteiger partial charge in [0.05, 0.1) is 0 Å². The molecule has 3 rings (SSSR count). The lowest BCUT2D eigenvalue weighted by Gasteiger charge is -2.04. The maximum absolute atomic E-state index is 5.77. The minimum Gasteiger partial charge on any atom is -0.399 e. The van der Waals surface area contributed by atoms with Crippen LogP contribution in [-0.4, -0.2) is 0 Å². The molecule has 2 nitrogen and oxygen atoms in total. The third-order valence-corrected chi connectivity index (χ3v) is 2.84. The van der Waals surface area contributed by atoms with Crippen molar-refractivity contribution in [3.63, 3.8) is 0 Å². The van der Waals surface area contributed by atoms with E-state index in [1.165, 1.54) is 10.8 Å². The van der Waals surface area contributed by atoms with Crippen LogP contribution in [0.2, 0.25) is 0 Å². The average molecular weight is 208 g/mol. The smallest absolute Gasteiger partial charge is 0.0320 e. The number of fused-ring (bicyclic) bond motifs is 2. The van der Waals surface area contributed by atoms with Gasteiger partial charge in [-0.15, -0.1) is 0 Å². The van der Waals surface area contributed by atoms with E-state index in [2.05, 4.69) is 12.1 Å². The summed E-state index contributed by atoms with van der Waals surface area (Å²) in [6.45, 7) is 0. The fraction of sp³-hybridized carbons (Fsp3) is 0. The fourth-order valence-corrected chi connectivity index (χ4v) is 2.03. The van der Waals surface area contributed by atoms with E-state index in [4.69, 9.17) is 11.5 Å². The highest BCUT2D eigenvalue weighted by atomic mass is 14.5. The second kappa shape index (κ2) is 3.14. The van der Waals surface area contributed by atoms with Crippen molar-refractivity contribution >= 4 is 32.9 Å². The van der Waals surface area contributed by atoms with Crippen molar-refractivity contribution in [2.24, 2.45) is 0 Å². The van der Waals surface area contributed by atoms with Crippen molar-refractivity contribution in [1.29, 1.82) is 0 Å². The van der Waals surface area contributed by atoms with Crippen LogP contribution in [0.4, 0.5) is 11.4 Å². The van der Waals surface area contributed by atoms with Gasteiger partial charge in [-0.1, -0.05) is 12.1 Å². The highest BCUT2D eigenvalue weighted by molar-refractivity contribution is 6.00. The molecule has 3 aromatic rings. The van der Waals surface area contributed by atoms with Gasteiger partial charge in [0.25, 0.3) is 0 Å². The molecule has 0 heterocycles. The number of rotatable bonds is 0. The maximum atomic E-state index is 5.77. The van der Waals surface area contributed by atoms with Gasteiger partial charge in [-0.05, 0) is 57.9 Å². The van der Waals surface area contributed by atoms with Gasteiger partial charge in [-0.25, -0.2) is 0 Å². The molecule has 0 amide bonds. The first-order chi connectivity index (χ1) is 7.72. The molecule has 2 heteroatoms. The highest BCUT2D eigenvalue weighted by Crippen LogP contribution is 2.25. The van der Waals surface area contributed by atoms with Crippen molar-refractivity contribution < 1.29 is 0 Å². The standard InChI is InChI=1S/C14H12N2/c15-13-3-1-9-5-10-2-4-14(16)8-12(10)6-11(9)7-13/h1-8H,15-16H2. The van der Waals surface area contributed by atoms with Crippen LogP contribution in [0.5, 0.6) is 0 Å². The first-order valence-corrected chi connectivity index (χ1v) is 5.21. The van der Waals surface area contributed by atoms with E-state index in [1.54, 1.807) is 0 Å². The SMILES string of the molecule is Nc1ccc2cc3ccc(N)cc3cc2c1. The number of nitrogen functional groups attached to an aromatic ring is 2. The molecule has 0 fully saturated rings. The number of nitrogens with two attached hydrogens (primary N) is 2. The van der Waals surface area contributed by atoms with Crippen molar-refractivity contribution in [3.8, 4) is 0 Å². The molecule has 0 saturated carbocycles. The summed E-state index contributed by atoms with van der Waals surface area (Å²) in [4.78, 5) is 0. The predicted octanol–water partition coefficient (Wildman–Crippen LogP) is 3.16. The molecule has 78 valence electrons. The number of anilines is 2. The molecule has 0 aliphatic carbocycles. The molecule has 0 spiro atoms. The third kappa shape index (κ3) is 1.36. The average Bonchev–Trinajstić information content (AvgIpc) is 2.26. The van der Waals surface area contributed by atoms with Gasteiger partial charge in [0.15, 0.2) is 0 Å². The summed E-state index contributed by atoms with van der Waals surface area (Å²) >= 11 is 0. The lowest BCUT2D eigenvalue weighted by molar-refractivity contribution is 1.73. The van der Waals surface area contributed by atoms with Crippen LogP contribution in [0.1, 0.15) is 0 Å². The van der Waals surface area contributed by atoms with E-state index in [0.717, 1.165) is 22.1 Å². The van der Waals surface area contributed by atoms with Crippen LogP contribution in [0.3, 0.4) is 0 Å². The number of hydrogen-bond acceptors (Lipinski definition) is 2. The Morgan fingerprint density at radius 3 is 1.44 bits per heavy atom. The molecule has 0 aliphatic rings. The molecule has 0 atom stereocenters. The zero-order valence-corrected chi connectivity index (χ0v) is 8.77. The van der Waals surface area contributed by atoms with E-state index in [9.17, 15) is 0 Å². The molecular formula is C14H12N2. The first-order valence-electron chi connectivity index (χ1n) is 5.21. The normalized spacial score (nSPS) is 11.0. The number of hydrogen-bond donors (Lipinski definition) is 2. The molecule has 0 radical (unpaired) electrons. The van der Waals surface area contributed by atoms with Gasteiger partial charge in [-0.2, -0.15) is 0 Å². The summed E-state index contributed by atoms with van der Waals surface area (Å²) in [7, 11) is 0. The molecular weight excluding hydrogens is 196 g/mol. The highest BCUT2D eigenvalue weighted by Gasteiger charge is 1.99. The van der Waals surface area contributed by atoms with Crippen molar-refractivity contribution in [1.82, 2.24) is 0 Å². The minimum absolute atomic E-state index is 0.788. The van der Waals surface area contributed by atoms with Crippen LogP contribution in [0, 0.1) is 0 Å². The van der Waals surface area contributed by atoms with Crippen LogP contribution in [-0.2, 0) is 0 Å². The van der Waals surface area contributed by atoms with Gasteiger partial charge in [0, 0.05) is 11.4 Å². The summed E-state index contributed by atoms with van der Waals surface area (Å²) in [5.41, 5.74) is 13.1. The monoisotopic (exact) mass is 208 g/mol. The third-order valence-electron chi connectivity index (χ3n) is 2.84. The Morgan fingerprint density at radius 1 is 0.500 bits per heavy atom. The molecule has 0 saturated heterocycles. The van der Waals surface area contributed by atoms with E-state index >= 15 is 0 Å². The summed E-state index contributed by atoms with van der Waals surface area (Å²) < 4.78 is 0. The zero-order chi connectivity index (χ0) is 11.1. The van der Waals surface area contributed by atoms with E-state index in [-0.39, 0.29) is 0 Å². The largest absolute Gasteiger partial charge is 0.399 e. The van der Waals surface area contributed by atoms with Crippen molar-refractivity contribution in [2.75, 3.05) is 11.5 Å². The Kier molecular flexibility index (Phi) is 1.77. The van der Waals surface area contributed by atoms with Gasteiger partial charge >= 0.3 is 0 Å². The Balaban J connectivity index is 2.44. The Hall–Kier alpha value is -2.22. The second-order valence-corrected chi connectivity index (χ2v) is 4.07. The quantitative estimate of drug-likeness (QED) is 0.440. The molecule has 3 aromatic carbocycles. The molecule has 4 N–H and O–H groups in total. The van der Waals surface area contributed by atoms with Crippen LogP contribution in [0.15, 0.2) is 48.5 Å². The molecule has 0 aromatic heterocycles. The Labute approximate surface area is 93.5 Å². The Morgan fingerprint density at radius 2 is 0.938 bits per heavy atom. The van der Waals surface area contributed by atoms with Gasteiger partial charge < -0.3 is 11.5 Å². The first kappa shape index (κ1) is 9.04.